The van der Waals surface area contributed by atoms with Crippen molar-refractivity contribution >= 4 is 0 Å². The normalized spacial score (nSPS) is 22.4. The molecule has 0 amide bonds. The van der Waals surface area contributed by atoms with Crippen molar-refractivity contribution in [3.63, 3.8) is 0 Å². The second-order valence-electron chi connectivity index (χ2n) is 8.16. The third-order valence-electron chi connectivity index (χ3n) is 6.42. The first kappa shape index (κ1) is 15.4. The third kappa shape index (κ3) is 2.27. The first-order valence-electron chi connectivity index (χ1n) is 9.78. The average Bonchev–Trinajstić information content (AvgIpc) is 3.02. The Hall–Kier alpha value is -1.81. The predicted molar refractivity (Wildman–Crippen MR) is 98.8 cm³/mol. The fourth-order valence-corrected chi connectivity index (χ4v) is 4.75. The Morgan fingerprint density at radius 2 is 1.92 bits per heavy atom. The molecule has 0 atom stereocenters. The number of hydrogen-bond acceptors (Lipinski definition) is 3. The molecule has 4 nitrogen and oxygen atoms in total. The van der Waals surface area contributed by atoms with Crippen LogP contribution in [0.1, 0.15) is 57.6 Å². The highest BCUT2D eigenvalue weighted by Gasteiger charge is 2.46. The SMILES string of the molecule is CC(C)n1ncc2c1-c1ccccc1OC21CCN(C2CCC2)CC1. The average molecular weight is 337 g/mol. The van der Waals surface area contributed by atoms with Crippen LogP contribution in [0.4, 0.5) is 0 Å². The summed E-state index contributed by atoms with van der Waals surface area (Å²) in [5, 5.41) is 4.75. The molecule has 1 aliphatic carbocycles. The maximum Gasteiger partial charge on any atom is 0.140 e. The highest BCUT2D eigenvalue weighted by Crippen LogP contribution is 2.50. The predicted octanol–water partition coefficient (Wildman–Crippen LogP) is 4.37. The van der Waals surface area contributed by atoms with Crippen molar-refractivity contribution in [2.75, 3.05) is 13.1 Å². The van der Waals surface area contributed by atoms with E-state index in [2.05, 4.69) is 53.9 Å². The van der Waals surface area contributed by atoms with Crippen molar-refractivity contribution in [1.82, 2.24) is 14.7 Å². The summed E-state index contributed by atoms with van der Waals surface area (Å²) in [5.74, 6) is 1.02. The minimum absolute atomic E-state index is 0.197. The summed E-state index contributed by atoms with van der Waals surface area (Å²) in [5.41, 5.74) is 3.56. The molecule has 0 bridgehead atoms. The lowest BCUT2D eigenvalue weighted by atomic mass is 9.79. The van der Waals surface area contributed by atoms with Gasteiger partial charge in [0.25, 0.3) is 0 Å². The molecule has 1 saturated carbocycles. The molecule has 5 rings (SSSR count). The van der Waals surface area contributed by atoms with Gasteiger partial charge in [0, 0.05) is 49.1 Å². The minimum Gasteiger partial charge on any atom is -0.482 e. The highest BCUT2D eigenvalue weighted by molar-refractivity contribution is 5.73. The maximum absolute atomic E-state index is 6.68. The van der Waals surface area contributed by atoms with Crippen LogP contribution in [0.15, 0.2) is 30.5 Å². The standard InChI is InChI=1S/C21H27N3O/c1-15(2)24-20-17-8-3-4-9-19(17)25-21(18(20)14-22-24)10-12-23(13-11-21)16-6-5-7-16/h3-4,8-9,14-16H,5-7,10-13H2,1-2H3. The number of nitrogens with zero attached hydrogens (tertiary/aromatic N) is 3. The van der Waals surface area contributed by atoms with E-state index in [9.17, 15) is 0 Å². The molecule has 0 N–H and O–H groups in total. The number of likely N-dealkylation sites (tertiary alicyclic amines) is 1. The lowest BCUT2D eigenvalue weighted by Gasteiger charge is -2.48. The van der Waals surface area contributed by atoms with Crippen molar-refractivity contribution < 1.29 is 4.74 Å². The summed E-state index contributed by atoms with van der Waals surface area (Å²) in [4.78, 5) is 2.69. The van der Waals surface area contributed by atoms with Gasteiger partial charge < -0.3 is 9.64 Å². The first-order valence-corrected chi connectivity index (χ1v) is 9.78. The van der Waals surface area contributed by atoms with Gasteiger partial charge in [-0.15, -0.1) is 0 Å². The fourth-order valence-electron chi connectivity index (χ4n) is 4.75. The molecule has 4 heteroatoms. The molecule has 25 heavy (non-hydrogen) atoms. The Morgan fingerprint density at radius 3 is 2.60 bits per heavy atom. The molecule has 1 spiro atoms. The van der Waals surface area contributed by atoms with Crippen LogP contribution >= 0.6 is 0 Å². The van der Waals surface area contributed by atoms with Crippen LogP contribution in [0.3, 0.4) is 0 Å². The van der Waals surface area contributed by atoms with E-state index < -0.39 is 0 Å². The largest absolute Gasteiger partial charge is 0.482 e. The van der Waals surface area contributed by atoms with E-state index in [1.54, 1.807) is 0 Å². The molecule has 3 aliphatic rings. The van der Waals surface area contributed by atoms with Gasteiger partial charge in [-0.2, -0.15) is 5.10 Å². The third-order valence-corrected chi connectivity index (χ3v) is 6.42. The van der Waals surface area contributed by atoms with Gasteiger partial charge in [-0.1, -0.05) is 18.6 Å². The van der Waals surface area contributed by atoms with E-state index in [1.165, 1.54) is 36.1 Å². The molecule has 0 unspecified atom stereocenters. The molecular weight excluding hydrogens is 310 g/mol. The number of para-hydroxylation sites is 1. The van der Waals surface area contributed by atoms with E-state index in [4.69, 9.17) is 9.84 Å². The monoisotopic (exact) mass is 337 g/mol. The van der Waals surface area contributed by atoms with Gasteiger partial charge in [0.1, 0.15) is 11.4 Å². The minimum atomic E-state index is -0.197. The first-order chi connectivity index (χ1) is 12.2. The van der Waals surface area contributed by atoms with Crippen molar-refractivity contribution in [3.05, 3.63) is 36.0 Å². The zero-order valence-corrected chi connectivity index (χ0v) is 15.2. The molecule has 2 aliphatic heterocycles. The van der Waals surface area contributed by atoms with E-state index in [0.717, 1.165) is 37.7 Å². The number of benzene rings is 1. The molecule has 1 aromatic carbocycles. The van der Waals surface area contributed by atoms with E-state index in [-0.39, 0.29) is 5.60 Å². The Labute approximate surface area is 149 Å². The molecule has 1 aromatic heterocycles. The van der Waals surface area contributed by atoms with Crippen LogP contribution in [-0.2, 0) is 5.60 Å². The second-order valence-corrected chi connectivity index (χ2v) is 8.16. The lowest BCUT2D eigenvalue weighted by molar-refractivity contribution is -0.0268. The molecule has 3 heterocycles. The molecule has 1 saturated heterocycles. The lowest BCUT2D eigenvalue weighted by Crippen LogP contribution is -2.51. The summed E-state index contributed by atoms with van der Waals surface area (Å²) in [6.07, 6.45) is 8.37. The zero-order chi connectivity index (χ0) is 17.0. The Balaban J connectivity index is 1.55. The summed E-state index contributed by atoms with van der Waals surface area (Å²) >= 11 is 0. The fraction of sp³-hybridized carbons (Fsp3) is 0.571. The summed E-state index contributed by atoms with van der Waals surface area (Å²) in [6, 6.07) is 9.65. The van der Waals surface area contributed by atoms with Crippen LogP contribution in [0.25, 0.3) is 11.3 Å². The maximum atomic E-state index is 6.68. The smallest absolute Gasteiger partial charge is 0.140 e. The quantitative estimate of drug-likeness (QED) is 0.815. The summed E-state index contributed by atoms with van der Waals surface area (Å²) in [7, 11) is 0. The van der Waals surface area contributed by atoms with Gasteiger partial charge in [0.05, 0.1) is 11.9 Å². The number of ether oxygens (including phenoxy) is 1. The summed E-state index contributed by atoms with van der Waals surface area (Å²) < 4.78 is 8.86. The number of fused-ring (bicyclic) bond motifs is 4. The van der Waals surface area contributed by atoms with Crippen LogP contribution < -0.4 is 4.74 Å². The Kier molecular flexibility index (Phi) is 3.46. The van der Waals surface area contributed by atoms with Crippen LogP contribution in [-0.4, -0.2) is 33.8 Å². The van der Waals surface area contributed by atoms with Gasteiger partial charge in [0.15, 0.2) is 0 Å². The number of rotatable bonds is 2. The van der Waals surface area contributed by atoms with Gasteiger partial charge >= 0.3 is 0 Å². The second kappa shape index (κ2) is 5.60. The van der Waals surface area contributed by atoms with Crippen LogP contribution in [0.5, 0.6) is 5.75 Å². The van der Waals surface area contributed by atoms with Crippen LogP contribution in [0, 0.1) is 0 Å². The van der Waals surface area contributed by atoms with Gasteiger partial charge in [-0.3, -0.25) is 4.68 Å². The van der Waals surface area contributed by atoms with E-state index >= 15 is 0 Å². The van der Waals surface area contributed by atoms with Crippen molar-refractivity contribution in [3.8, 4) is 17.0 Å². The molecule has 0 radical (unpaired) electrons. The van der Waals surface area contributed by atoms with Gasteiger partial charge in [0.2, 0.25) is 0 Å². The molecular formula is C21H27N3O. The molecule has 132 valence electrons. The number of hydrogen-bond donors (Lipinski definition) is 0. The summed E-state index contributed by atoms with van der Waals surface area (Å²) in [6.45, 7) is 6.69. The van der Waals surface area contributed by atoms with E-state index in [1.807, 2.05) is 0 Å². The van der Waals surface area contributed by atoms with E-state index in [0.29, 0.717) is 6.04 Å². The van der Waals surface area contributed by atoms with Gasteiger partial charge in [-0.25, -0.2) is 0 Å². The van der Waals surface area contributed by atoms with Crippen molar-refractivity contribution in [2.24, 2.45) is 0 Å². The zero-order valence-electron chi connectivity index (χ0n) is 15.2. The topological polar surface area (TPSA) is 30.3 Å². The Morgan fingerprint density at radius 1 is 1.16 bits per heavy atom. The Bertz CT molecular complexity index is 782. The highest BCUT2D eigenvalue weighted by atomic mass is 16.5. The van der Waals surface area contributed by atoms with Crippen molar-refractivity contribution in [1.29, 1.82) is 0 Å². The van der Waals surface area contributed by atoms with Crippen LogP contribution in [0.2, 0.25) is 0 Å². The number of aromatic nitrogens is 2. The number of piperidine rings is 1. The molecule has 2 fully saturated rings. The van der Waals surface area contributed by atoms with Gasteiger partial charge in [-0.05, 0) is 38.8 Å². The van der Waals surface area contributed by atoms with Crippen molar-refractivity contribution in [2.45, 2.75) is 63.6 Å². The molecule has 2 aromatic rings.